The first kappa shape index (κ1) is 15.8. The highest BCUT2D eigenvalue weighted by molar-refractivity contribution is 6.31. The Kier molecular flexibility index (Phi) is 5.20. The van der Waals surface area contributed by atoms with Gasteiger partial charge in [0.1, 0.15) is 11.5 Å². The van der Waals surface area contributed by atoms with Gasteiger partial charge in [0, 0.05) is 6.54 Å². The fourth-order valence-electron chi connectivity index (χ4n) is 2.38. The van der Waals surface area contributed by atoms with Crippen LogP contribution < -0.4 is 10.1 Å². The predicted molar refractivity (Wildman–Crippen MR) is 81.4 cm³/mol. The van der Waals surface area contributed by atoms with Gasteiger partial charge in [-0.3, -0.25) is 4.68 Å². The van der Waals surface area contributed by atoms with Gasteiger partial charge in [0.25, 0.3) is 0 Å². The molecule has 1 aromatic carbocycles. The number of halogens is 2. The quantitative estimate of drug-likeness (QED) is 0.888. The lowest BCUT2D eigenvalue weighted by atomic mass is 10.0. The van der Waals surface area contributed by atoms with Gasteiger partial charge < -0.3 is 10.1 Å². The Bertz CT molecular complexity index is 593. The smallest absolute Gasteiger partial charge is 0.161 e. The SMILES string of the molecule is CCNC(c1cccc(F)c1Cl)c1c(OC)cnn1CC. The molecule has 21 heavy (non-hydrogen) atoms. The number of benzene rings is 1. The van der Waals surface area contributed by atoms with Crippen LogP contribution in [-0.2, 0) is 6.54 Å². The van der Waals surface area contributed by atoms with E-state index in [1.54, 1.807) is 19.4 Å². The minimum atomic E-state index is -0.432. The Labute approximate surface area is 128 Å². The van der Waals surface area contributed by atoms with Crippen LogP contribution in [0.15, 0.2) is 24.4 Å². The maximum Gasteiger partial charge on any atom is 0.161 e. The van der Waals surface area contributed by atoms with E-state index >= 15 is 0 Å². The molecule has 0 aliphatic carbocycles. The summed E-state index contributed by atoms with van der Waals surface area (Å²) in [4.78, 5) is 0. The summed E-state index contributed by atoms with van der Waals surface area (Å²) in [7, 11) is 1.59. The van der Waals surface area contributed by atoms with E-state index in [9.17, 15) is 4.39 Å². The van der Waals surface area contributed by atoms with Gasteiger partial charge >= 0.3 is 0 Å². The molecule has 0 aliphatic heterocycles. The van der Waals surface area contributed by atoms with Crippen LogP contribution in [0, 0.1) is 5.82 Å². The molecule has 2 rings (SSSR count). The topological polar surface area (TPSA) is 39.1 Å². The lowest BCUT2D eigenvalue weighted by molar-refractivity contribution is 0.399. The third kappa shape index (κ3) is 3.04. The first-order chi connectivity index (χ1) is 10.1. The van der Waals surface area contributed by atoms with Gasteiger partial charge in [0.15, 0.2) is 5.75 Å². The molecule has 2 aromatic rings. The monoisotopic (exact) mass is 311 g/mol. The van der Waals surface area contributed by atoms with Gasteiger partial charge in [-0.25, -0.2) is 4.39 Å². The molecule has 0 amide bonds. The number of nitrogens with one attached hydrogen (secondary N) is 1. The molecule has 1 atom stereocenters. The Hall–Kier alpha value is -1.59. The normalized spacial score (nSPS) is 12.4. The maximum atomic E-state index is 13.8. The van der Waals surface area contributed by atoms with Crippen LogP contribution in [-0.4, -0.2) is 23.4 Å². The Morgan fingerprint density at radius 2 is 2.19 bits per heavy atom. The van der Waals surface area contributed by atoms with Gasteiger partial charge in [-0.1, -0.05) is 30.7 Å². The van der Waals surface area contributed by atoms with Gasteiger partial charge in [0.05, 0.1) is 24.4 Å². The summed E-state index contributed by atoms with van der Waals surface area (Å²) in [6, 6.07) is 4.53. The minimum absolute atomic E-state index is 0.120. The van der Waals surface area contributed by atoms with Crippen LogP contribution in [0.3, 0.4) is 0 Å². The highest BCUT2D eigenvalue weighted by Gasteiger charge is 2.25. The number of nitrogens with zero attached hydrogens (tertiary/aromatic N) is 2. The number of hydrogen-bond acceptors (Lipinski definition) is 3. The molecule has 0 spiro atoms. The van der Waals surface area contributed by atoms with Crippen molar-refractivity contribution in [2.45, 2.75) is 26.4 Å². The molecular formula is C15H19ClFN3O. The Morgan fingerprint density at radius 3 is 2.81 bits per heavy atom. The molecule has 0 radical (unpaired) electrons. The maximum absolute atomic E-state index is 13.8. The zero-order valence-electron chi connectivity index (χ0n) is 12.4. The molecule has 6 heteroatoms. The number of aromatic nitrogens is 2. The molecule has 1 heterocycles. The fraction of sp³-hybridized carbons (Fsp3) is 0.400. The fourth-order valence-corrected chi connectivity index (χ4v) is 2.61. The Balaban J connectivity index is 2.58. The van der Waals surface area contributed by atoms with E-state index in [0.717, 1.165) is 5.69 Å². The summed E-state index contributed by atoms with van der Waals surface area (Å²) >= 11 is 6.15. The molecule has 4 nitrogen and oxygen atoms in total. The van der Waals surface area contributed by atoms with Crippen LogP contribution >= 0.6 is 11.6 Å². The first-order valence-corrected chi connectivity index (χ1v) is 7.28. The van der Waals surface area contributed by atoms with Gasteiger partial charge in [-0.2, -0.15) is 5.10 Å². The average Bonchev–Trinajstić information content (AvgIpc) is 2.90. The lowest BCUT2D eigenvalue weighted by Crippen LogP contribution is -2.25. The van der Waals surface area contributed by atoms with E-state index in [1.165, 1.54) is 6.07 Å². The van der Waals surface area contributed by atoms with Crippen molar-refractivity contribution >= 4 is 11.6 Å². The van der Waals surface area contributed by atoms with E-state index in [4.69, 9.17) is 16.3 Å². The lowest BCUT2D eigenvalue weighted by Gasteiger charge is -2.22. The summed E-state index contributed by atoms with van der Waals surface area (Å²) in [5, 5.41) is 7.75. The molecule has 0 fully saturated rings. The van der Waals surface area contributed by atoms with E-state index < -0.39 is 5.82 Å². The summed E-state index contributed by atoms with van der Waals surface area (Å²) in [5.41, 5.74) is 1.52. The van der Waals surface area contributed by atoms with E-state index in [0.29, 0.717) is 24.4 Å². The summed E-state index contributed by atoms with van der Waals surface area (Å²) < 4.78 is 21.0. The predicted octanol–water partition coefficient (Wildman–Crippen LogP) is 3.40. The van der Waals surface area contributed by atoms with Gasteiger partial charge in [-0.15, -0.1) is 0 Å². The molecule has 1 aromatic heterocycles. The van der Waals surface area contributed by atoms with Crippen molar-refractivity contribution in [1.29, 1.82) is 0 Å². The van der Waals surface area contributed by atoms with E-state index in [-0.39, 0.29) is 11.1 Å². The number of hydrogen-bond donors (Lipinski definition) is 1. The van der Waals surface area contributed by atoms with Crippen LogP contribution in [0.1, 0.15) is 31.1 Å². The largest absolute Gasteiger partial charge is 0.493 e. The van der Waals surface area contributed by atoms with E-state index in [1.807, 2.05) is 24.6 Å². The second-order valence-electron chi connectivity index (χ2n) is 4.55. The minimum Gasteiger partial charge on any atom is -0.493 e. The third-order valence-electron chi connectivity index (χ3n) is 3.34. The van der Waals surface area contributed by atoms with Crippen molar-refractivity contribution < 1.29 is 9.13 Å². The number of aryl methyl sites for hydroxylation is 1. The Morgan fingerprint density at radius 1 is 1.43 bits per heavy atom. The molecule has 1 N–H and O–H groups in total. The van der Waals surface area contributed by atoms with Crippen molar-refractivity contribution in [2.75, 3.05) is 13.7 Å². The van der Waals surface area contributed by atoms with Crippen LogP contribution in [0.25, 0.3) is 0 Å². The van der Waals surface area contributed by atoms with E-state index in [2.05, 4.69) is 10.4 Å². The van der Waals surface area contributed by atoms with Crippen LogP contribution in [0.2, 0.25) is 5.02 Å². The molecule has 0 aliphatic rings. The summed E-state index contributed by atoms with van der Waals surface area (Å²) in [6.45, 7) is 5.37. The number of ether oxygens (including phenoxy) is 1. The zero-order valence-corrected chi connectivity index (χ0v) is 13.1. The molecule has 0 saturated carbocycles. The van der Waals surface area contributed by atoms with Crippen molar-refractivity contribution in [2.24, 2.45) is 0 Å². The second-order valence-corrected chi connectivity index (χ2v) is 4.93. The molecule has 0 saturated heterocycles. The highest BCUT2D eigenvalue weighted by atomic mass is 35.5. The first-order valence-electron chi connectivity index (χ1n) is 6.90. The van der Waals surface area contributed by atoms with Gasteiger partial charge in [0.2, 0.25) is 0 Å². The van der Waals surface area contributed by atoms with Crippen molar-refractivity contribution in [3.05, 3.63) is 46.5 Å². The molecule has 0 bridgehead atoms. The molecule has 114 valence electrons. The number of rotatable bonds is 6. The summed E-state index contributed by atoms with van der Waals surface area (Å²) in [5.74, 6) is 0.224. The van der Waals surface area contributed by atoms with Crippen LogP contribution in [0.4, 0.5) is 4.39 Å². The molecule has 1 unspecified atom stereocenters. The summed E-state index contributed by atoms with van der Waals surface area (Å²) in [6.07, 6.45) is 1.66. The second kappa shape index (κ2) is 6.91. The van der Waals surface area contributed by atoms with Crippen molar-refractivity contribution in [3.63, 3.8) is 0 Å². The number of methoxy groups -OCH3 is 1. The average molecular weight is 312 g/mol. The third-order valence-corrected chi connectivity index (χ3v) is 3.74. The molecular weight excluding hydrogens is 293 g/mol. The van der Waals surface area contributed by atoms with Crippen LogP contribution in [0.5, 0.6) is 5.75 Å². The van der Waals surface area contributed by atoms with Crippen molar-refractivity contribution in [3.8, 4) is 5.75 Å². The van der Waals surface area contributed by atoms with Gasteiger partial charge in [-0.05, 0) is 25.1 Å². The standard InChI is InChI=1S/C15H19ClFN3O/c1-4-18-14(10-7-6-8-11(17)13(10)16)15-12(21-3)9-19-20(15)5-2/h6-9,14,18H,4-5H2,1-3H3. The zero-order chi connectivity index (χ0) is 15.4. The van der Waals surface area contributed by atoms with Crippen molar-refractivity contribution in [1.82, 2.24) is 15.1 Å². The highest BCUT2D eigenvalue weighted by Crippen LogP contribution is 2.34.